The molecule has 0 aliphatic rings. The van der Waals surface area contributed by atoms with Crippen LogP contribution in [-0.2, 0) is 0 Å². The molecule has 0 N–H and O–H groups in total. The van der Waals surface area contributed by atoms with Crippen molar-refractivity contribution < 1.29 is 4.42 Å². The van der Waals surface area contributed by atoms with Gasteiger partial charge in [0.15, 0.2) is 0 Å². The zero-order valence-electron chi connectivity index (χ0n) is 23.1. The second-order valence-corrected chi connectivity index (χ2v) is 11.9. The normalized spacial score (nSPS) is 11.7. The third-order valence-corrected chi connectivity index (χ3v) is 9.55. The lowest BCUT2D eigenvalue weighted by molar-refractivity contribution is 0.669. The minimum Gasteiger partial charge on any atom is -0.456 e. The highest BCUT2D eigenvalue weighted by molar-refractivity contribution is 7.26. The molecule has 0 fully saturated rings. The van der Waals surface area contributed by atoms with Crippen LogP contribution in [0.1, 0.15) is 0 Å². The molecule has 0 amide bonds. The lowest BCUT2D eigenvalue weighted by Crippen LogP contribution is -2.09. The number of fused-ring (bicyclic) bond motifs is 8. The summed E-state index contributed by atoms with van der Waals surface area (Å²) in [5.74, 6) is 0. The SMILES string of the molecule is c1ccc(N(c2ccc(-c3cccc4sc5c6cnccc6ccc5c34)cc2)c2ccc3oc4ccccc4c3c2)cc1. The molecule has 0 saturated heterocycles. The molecule has 202 valence electrons. The summed E-state index contributed by atoms with van der Waals surface area (Å²) in [7, 11) is 0. The lowest BCUT2D eigenvalue weighted by atomic mass is 9.98. The Bertz CT molecular complexity index is 2460. The van der Waals surface area contributed by atoms with Crippen molar-refractivity contribution in [2.24, 2.45) is 0 Å². The Hall–Kier alpha value is -5.45. The van der Waals surface area contributed by atoms with Crippen molar-refractivity contribution >= 4 is 81.3 Å². The highest BCUT2D eigenvalue weighted by atomic mass is 32.1. The van der Waals surface area contributed by atoms with Crippen molar-refractivity contribution in [3.63, 3.8) is 0 Å². The number of hydrogen-bond acceptors (Lipinski definition) is 4. The Morgan fingerprint density at radius 3 is 2.26 bits per heavy atom. The molecule has 0 atom stereocenters. The minimum atomic E-state index is 0.896. The van der Waals surface area contributed by atoms with Crippen molar-refractivity contribution in [2.45, 2.75) is 0 Å². The molecule has 4 heteroatoms. The zero-order chi connectivity index (χ0) is 28.3. The number of anilines is 3. The van der Waals surface area contributed by atoms with Crippen molar-refractivity contribution in [2.75, 3.05) is 4.90 Å². The largest absolute Gasteiger partial charge is 0.456 e. The monoisotopic (exact) mass is 568 g/mol. The van der Waals surface area contributed by atoms with Crippen LogP contribution in [0, 0.1) is 0 Å². The van der Waals surface area contributed by atoms with Gasteiger partial charge in [-0.3, -0.25) is 4.98 Å². The molecule has 0 bridgehead atoms. The number of rotatable bonds is 4. The summed E-state index contributed by atoms with van der Waals surface area (Å²) in [4.78, 5) is 6.73. The Kier molecular flexibility index (Phi) is 5.37. The maximum atomic E-state index is 6.12. The molecule has 0 aliphatic carbocycles. The summed E-state index contributed by atoms with van der Waals surface area (Å²) >= 11 is 1.85. The van der Waals surface area contributed by atoms with E-state index in [1.807, 2.05) is 35.9 Å². The van der Waals surface area contributed by atoms with Crippen LogP contribution in [-0.4, -0.2) is 4.98 Å². The fourth-order valence-corrected chi connectivity index (χ4v) is 7.60. The molecular weight excluding hydrogens is 545 g/mol. The average molecular weight is 569 g/mol. The Morgan fingerprint density at radius 2 is 1.35 bits per heavy atom. The number of furan rings is 1. The van der Waals surface area contributed by atoms with Gasteiger partial charge in [-0.15, -0.1) is 11.3 Å². The lowest BCUT2D eigenvalue weighted by Gasteiger charge is -2.25. The Balaban J connectivity index is 1.19. The van der Waals surface area contributed by atoms with Crippen LogP contribution in [0.25, 0.3) is 64.0 Å². The van der Waals surface area contributed by atoms with Gasteiger partial charge in [-0.25, -0.2) is 0 Å². The van der Waals surface area contributed by atoms with Gasteiger partial charge in [-0.05, 0) is 77.2 Å². The fourth-order valence-electron chi connectivity index (χ4n) is 6.35. The van der Waals surface area contributed by atoms with Gasteiger partial charge < -0.3 is 9.32 Å². The molecule has 3 aromatic heterocycles. The second-order valence-electron chi connectivity index (χ2n) is 10.8. The molecule has 3 heterocycles. The summed E-state index contributed by atoms with van der Waals surface area (Å²) in [6.07, 6.45) is 3.85. The number of nitrogens with zero attached hydrogens (tertiary/aromatic N) is 2. The molecule has 0 aliphatic heterocycles. The van der Waals surface area contributed by atoms with Crippen LogP contribution in [0.5, 0.6) is 0 Å². The first-order valence-electron chi connectivity index (χ1n) is 14.4. The molecule has 9 rings (SSSR count). The number of pyridine rings is 1. The molecular formula is C39H24N2OS. The third kappa shape index (κ3) is 3.84. The van der Waals surface area contributed by atoms with E-state index in [2.05, 4.69) is 131 Å². The molecule has 0 saturated carbocycles. The van der Waals surface area contributed by atoms with Gasteiger partial charge in [-0.1, -0.05) is 72.8 Å². The van der Waals surface area contributed by atoms with Crippen LogP contribution in [0.4, 0.5) is 17.1 Å². The predicted octanol–water partition coefficient (Wildman–Crippen LogP) is 11.6. The first-order chi connectivity index (χ1) is 21.3. The topological polar surface area (TPSA) is 29.3 Å². The van der Waals surface area contributed by atoms with E-state index in [4.69, 9.17) is 4.42 Å². The molecule has 6 aromatic carbocycles. The molecule has 3 nitrogen and oxygen atoms in total. The van der Waals surface area contributed by atoms with Crippen molar-refractivity contribution in [1.82, 2.24) is 4.98 Å². The number of benzene rings is 6. The summed E-state index contributed by atoms with van der Waals surface area (Å²) < 4.78 is 8.71. The quantitative estimate of drug-likeness (QED) is 0.211. The molecule has 0 radical (unpaired) electrons. The minimum absolute atomic E-state index is 0.896. The van der Waals surface area contributed by atoms with Crippen LogP contribution in [0.2, 0.25) is 0 Å². The van der Waals surface area contributed by atoms with E-state index in [0.717, 1.165) is 39.0 Å². The van der Waals surface area contributed by atoms with E-state index in [0.29, 0.717) is 0 Å². The molecule has 0 unspecified atom stereocenters. The predicted molar refractivity (Wildman–Crippen MR) is 182 cm³/mol. The van der Waals surface area contributed by atoms with E-state index in [9.17, 15) is 0 Å². The van der Waals surface area contributed by atoms with Gasteiger partial charge in [0.25, 0.3) is 0 Å². The van der Waals surface area contributed by atoms with Gasteiger partial charge >= 0.3 is 0 Å². The van der Waals surface area contributed by atoms with Crippen LogP contribution >= 0.6 is 11.3 Å². The van der Waals surface area contributed by atoms with Crippen molar-refractivity contribution in [1.29, 1.82) is 0 Å². The highest BCUT2D eigenvalue weighted by Crippen LogP contribution is 2.44. The van der Waals surface area contributed by atoms with Gasteiger partial charge in [0.1, 0.15) is 11.2 Å². The maximum Gasteiger partial charge on any atom is 0.135 e. The molecule has 0 spiro atoms. The summed E-state index contributed by atoms with van der Waals surface area (Å²) in [5.41, 5.74) is 7.54. The number of para-hydroxylation sites is 2. The van der Waals surface area contributed by atoms with Gasteiger partial charge in [-0.2, -0.15) is 0 Å². The van der Waals surface area contributed by atoms with E-state index >= 15 is 0 Å². The number of aromatic nitrogens is 1. The Labute approximate surface area is 251 Å². The average Bonchev–Trinajstić information content (AvgIpc) is 3.64. The van der Waals surface area contributed by atoms with Crippen LogP contribution in [0.3, 0.4) is 0 Å². The first-order valence-corrected chi connectivity index (χ1v) is 15.2. The number of thiophene rings is 1. The van der Waals surface area contributed by atoms with Gasteiger partial charge in [0.2, 0.25) is 0 Å². The van der Waals surface area contributed by atoms with E-state index in [1.54, 1.807) is 0 Å². The smallest absolute Gasteiger partial charge is 0.135 e. The van der Waals surface area contributed by atoms with E-state index in [1.165, 1.54) is 42.1 Å². The standard InChI is InChI=1S/C39H24N2OS/c1-2-7-27(8-3-1)41(29-18-20-36-33(23-29)31-9-4-5-11-35(31)42-36)28-16-13-25(14-17-28)30-10-6-12-37-38(30)32-19-15-26-21-22-40-24-34(26)39(32)43-37/h1-24H. The first kappa shape index (κ1) is 24.2. The molecule has 9 aromatic rings. The fraction of sp³-hybridized carbons (Fsp3) is 0. The molecule has 43 heavy (non-hydrogen) atoms. The highest BCUT2D eigenvalue weighted by Gasteiger charge is 2.17. The van der Waals surface area contributed by atoms with Crippen molar-refractivity contribution in [3.8, 4) is 11.1 Å². The summed E-state index contributed by atoms with van der Waals surface area (Å²) in [6.45, 7) is 0. The second kappa shape index (κ2) is 9.55. The summed E-state index contributed by atoms with van der Waals surface area (Å²) in [5, 5.41) is 7.27. The third-order valence-electron chi connectivity index (χ3n) is 8.35. The van der Waals surface area contributed by atoms with E-state index < -0.39 is 0 Å². The van der Waals surface area contributed by atoms with Gasteiger partial charge in [0, 0.05) is 65.8 Å². The van der Waals surface area contributed by atoms with Crippen LogP contribution < -0.4 is 4.90 Å². The summed E-state index contributed by atoms with van der Waals surface area (Å²) in [6, 6.07) is 47.4. The zero-order valence-corrected chi connectivity index (χ0v) is 23.9. The Morgan fingerprint density at radius 1 is 0.558 bits per heavy atom. The maximum absolute atomic E-state index is 6.12. The van der Waals surface area contributed by atoms with E-state index in [-0.39, 0.29) is 0 Å². The van der Waals surface area contributed by atoms with Gasteiger partial charge in [0.05, 0.1) is 0 Å². The van der Waals surface area contributed by atoms with Crippen molar-refractivity contribution in [3.05, 3.63) is 146 Å². The number of hydrogen-bond donors (Lipinski definition) is 0. The van der Waals surface area contributed by atoms with Crippen LogP contribution in [0.15, 0.2) is 150 Å².